The van der Waals surface area contributed by atoms with E-state index in [-0.39, 0.29) is 18.9 Å². The first kappa shape index (κ1) is 19.7. The van der Waals surface area contributed by atoms with E-state index in [0.717, 1.165) is 6.42 Å². The van der Waals surface area contributed by atoms with Gasteiger partial charge in [0.1, 0.15) is 5.60 Å². The second kappa shape index (κ2) is 8.87. The van der Waals surface area contributed by atoms with Gasteiger partial charge < -0.3 is 19.9 Å². The average molecular weight is 303 g/mol. The van der Waals surface area contributed by atoms with Crippen LogP contribution >= 0.6 is 0 Å². The Bertz CT molecular complexity index is 337. The standard InChI is InChI=1S/C15H29NO5/c1-7-10(3)13(11(17)9-12(18)20-8-2)16-14(19)21-15(4,5)6/h10-11,13,17H,7-9H2,1-6H3,(H,16,19)/t10-,11-,13+/m0/s1. The van der Waals surface area contributed by atoms with Gasteiger partial charge in [0.25, 0.3) is 0 Å². The molecule has 1 amide bonds. The number of esters is 1. The van der Waals surface area contributed by atoms with E-state index >= 15 is 0 Å². The largest absolute Gasteiger partial charge is 0.466 e. The minimum Gasteiger partial charge on any atom is -0.466 e. The van der Waals surface area contributed by atoms with Gasteiger partial charge in [-0.05, 0) is 33.6 Å². The molecule has 0 fully saturated rings. The molecule has 0 aliphatic heterocycles. The summed E-state index contributed by atoms with van der Waals surface area (Å²) in [5.41, 5.74) is -0.615. The lowest BCUT2D eigenvalue weighted by Crippen LogP contribution is -2.49. The Morgan fingerprint density at radius 1 is 1.24 bits per heavy atom. The summed E-state index contributed by atoms with van der Waals surface area (Å²) in [5.74, 6) is -0.480. The highest BCUT2D eigenvalue weighted by atomic mass is 16.6. The summed E-state index contributed by atoms with van der Waals surface area (Å²) in [7, 11) is 0. The molecular weight excluding hydrogens is 274 g/mol. The number of ether oxygens (including phenoxy) is 2. The zero-order chi connectivity index (χ0) is 16.6. The van der Waals surface area contributed by atoms with E-state index < -0.39 is 29.8 Å². The number of aliphatic hydroxyl groups excluding tert-OH is 1. The van der Waals surface area contributed by atoms with Crippen molar-refractivity contribution in [2.45, 2.75) is 72.1 Å². The van der Waals surface area contributed by atoms with Crippen LogP contribution in [-0.4, -0.2) is 41.5 Å². The third-order valence-corrected chi connectivity index (χ3v) is 3.04. The monoisotopic (exact) mass is 303 g/mol. The topological polar surface area (TPSA) is 84.9 Å². The van der Waals surface area contributed by atoms with Gasteiger partial charge in [-0.1, -0.05) is 20.3 Å². The molecule has 0 unspecified atom stereocenters. The second-order valence-electron chi connectivity index (χ2n) is 6.13. The van der Waals surface area contributed by atoms with Gasteiger partial charge in [0.2, 0.25) is 0 Å². The number of carbonyl (C=O) groups excluding carboxylic acids is 2. The van der Waals surface area contributed by atoms with E-state index in [2.05, 4.69) is 5.32 Å². The molecule has 0 aliphatic carbocycles. The fraction of sp³-hybridized carbons (Fsp3) is 0.867. The molecule has 0 radical (unpaired) electrons. The van der Waals surface area contributed by atoms with Crippen LogP contribution < -0.4 is 5.32 Å². The van der Waals surface area contributed by atoms with Crippen molar-refractivity contribution in [3.8, 4) is 0 Å². The predicted molar refractivity (Wildman–Crippen MR) is 79.9 cm³/mol. The highest BCUT2D eigenvalue weighted by Gasteiger charge is 2.30. The van der Waals surface area contributed by atoms with Gasteiger partial charge in [-0.25, -0.2) is 4.79 Å². The molecule has 0 aliphatic rings. The van der Waals surface area contributed by atoms with Gasteiger partial charge in [0.15, 0.2) is 0 Å². The van der Waals surface area contributed by atoms with Crippen LogP contribution in [0.4, 0.5) is 4.79 Å². The maximum absolute atomic E-state index is 11.8. The van der Waals surface area contributed by atoms with Crippen LogP contribution in [0.2, 0.25) is 0 Å². The third kappa shape index (κ3) is 8.55. The lowest BCUT2D eigenvalue weighted by molar-refractivity contribution is -0.146. The summed E-state index contributed by atoms with van der Waals surface area (Å²) in [6, 6.07) is -0.561. The van der Waals surface area contributed by atoms with E-state index in [1.807, 2.05) is 13.8 Å². The number of alkyl carbamates (subject to hydrolysis) is 1. The van der Waals surface area contributed by atoms with Crippen molar-refractivity contribution in [1.82, 2.24) is 5.32 Å². The highest BCUT2D eigenvalue weighted by Crippen LogP contribution is 2.16. The molecule has 6 nitrogen and oxygen atoms in total. The number of hydrogen-bond acceptors (Lipinski definition) is 5. The molecule has 0 saturated heterocycles. The molecule has 0 spiro atoms. The Labute approximate surface area is 127 Å². The van der Waals surface area contributed by atoms with Crippen molar-refractivity contribution < 1.29 is 24.2 Å². The first-order valence-corrected chi connectivity index (χ1v) is 7.43. The fourth-order valence-electron chi connectivity index (χ4n) is 1.83. The van der Waals surface area contributed by atoms with Gasteiger partial charge >= 0.3 is 12.1 Å². The summed E-state index contributed by atoms with van der Waals surface area (Å²) in [4.78, 5) is 23.3. The lowest BCUT2D eigenvalue weighted by atomic mass is 9.93. The van der Waals surface area contributed by atoms with E-state index in [1.54, 1.807) is 27.7 Å². The van der Waals surface area contributed by atoms with Crippen molar-refractivity contribution in [3.05, 3.63) is 0 Å². The Kier molecular flexibility index (Phi) is 8.32. The van der Waals surface area contributed by atoms with Gasteiger partial charge in [0, 0.05) is 0 Å². The molecule has 6 heteroatoms. The zero-order valence-corrected chi connectivity index (χ0v) is 13.9. The molecule has 3 atom stereocenters. The molecule has 124 valence electrons. The van der Waals surface area contributed by atoms with Crippen LogP contribution in [0.1, 0.15) is 54.4 Å². The van der Waals surface area contributed by atoms with Crippen molar-refractivity contribution in [1.29, 1.82) is 0 Å². The van der Waals surface area contributed by atoms with Crippen LogP contribution in [-0.2, 0) is 14.3 Å². The molecule has 0 bridgehead atoms. The number of nitrogens with one attached hydrogen (secondary N) is 1. The molecular formula is C15H29NO5. The second-order valence-corrected chi connectivity index (χ2v) is 6.13. The lowest BCUT2D eigenvalue weighted by Gasteiger charge is -2.30. The van der Waals surface area contributed by atoms with Crippen molar-refractivity contribution in [3.63, 3.8) is 0 Å². The molecule has 0 aromatic heterocycles. The van der Waals surface area contributed by atoms with Crippen LogP contribution in [0.3, 0.4) is 0 Å². The Morgan fingerprint density at radius 3 is 2.24 bits per heavy atom. The Balaban J connectivity index is 4.72. The van der Waals surface area contributed by atoms with Crippen molar-refractivity contribution in [2.75, 3.05) is 6.61 Å². The summed E-state index contributed by atoms with van der Waals surface area (Å²) >= 11 is 0. The van der Waals surface area contributed by atoms with Gasteiger partial charge in [0.05, 0.1) is 25.2 Å². The van der Waals surface area contributed by atoms with Crippen LogP contribution in [0.15, 0.2) is 0 Å². The molecule has 21 heavy (non-hydrogen) atoms. The molecule has 0 aromatic rings. The maximum Gasteiger partial charge on any atom is 0.407 e. The van der Waals surface area contributed by atoms with Crippen LogP contribution in [0.25, 0.3) is 0 Å². The number of amides is 1. The zero-order valence-electron chi connectivity index (χ0n) is 13.9. The minimum absolute atomic E-state index is 0.00180. The van der Waals surface area contributed by atoms with Gasteiger partial charge in [-0.3, -0.25) is 4.79 Å². The van der Waals surface area contributed by atoms with Crippen LogP contribution in [0.5, 0.6) is 0 Å². The predicted octanol–water partition coefficient (Wildman–Crippen LogP) is 2.24. The number of aliphatic hydroxyl groups is 1. The molecule has 0 heterocycles. The van der Waals surface area contributed by atoms with E-state index in [1.165, 1.54) is 0 Å². The van der Waals surface area contributed by atoms with E-state index in [4.69, 9.17) is 9.47 Å². The average Bonchev–Trinajstić information content (AvgIpc) is 2.32. The van der Waals surface area contributed by atoms with Gasteiger partial charge in [-0.2, -0.15) is 0 Å². The van der Waals surface area contributed by atoms with Crippen molar-refractivity contribution >= 4 is 12.1 Å². The van der Waals surface area contributed by atoms with Crippen LogP contribution in [0, 0.1) is 5.92 Å². The molecule has 0 rings (SSSR count). The number of rotatable bonds is 7. The SMILES string of the molecule is CCOC(=O)C[C@H](O)[C@H](NC(=O)OC(C)(C)C)[C@@H](C)CC. The molecule has 0 aromatic carbocycles. The summed E-state index contributed by atoms with van der Waals surface area (Å²) in [6.45, 7) is 11.1. The Morgan fingerprint density at radius 2 is 1.81 bits per heavy atom. The minimum atomic E-state index is -1.01. The third-order valence-electron chi connectivity index (χ3n) is 3.04. The van der Waals surface area contributed by atoms with E-state index in [0.29, 0.717) is 0 Å². The normalized spacial score (nSPS) is 15.8. The smallest absolute Gasteiger partial charge is 0.407 e. The molecule has 2 N–H and O–H groups in total. The highest BCUT2D eigenvalue weighted by molar-refractivity contribution is 5.71. The fourth-order valence-corrected chi connectivity index (χ4v) is 1.83. The first-order valence-electron chi connectivity index (χ1n) is 7.43. The quantitative estimate of drug-likeness (QED) is 0.705. The summed E-state index contributed by atoms with van der Waals surface area (Å²) in [5, 5.41) is 12.8. The Hall–Kier alpha value is -1.30. The summed E-state index contributed by atoms with van der Waals surface area (Å²) in [6.07, 6.45) is -1.01. The van der Waals surface area contributed by atoms with E-state index in [9.17, 15) is 14.7 Å². The van der Waals surface area contributed by atoms with Gasteiger partial charge in [-0.15, -0.1) is 0 Å². The number of carbonyl (C=O) groups is 2. The molecule has 0 saturated carbocycles. The number of hydrogen-bond donors (Lipinski definition) is 2. The first-order chi connectivity index (χ1) is 9.60. The summed E-state index contributed by atoms with van der Waals surface area (Å²) < 4.78 is 10.0. The maximum atomic E-state index is 11.8. The van der Waals surface area contributed by atoms with Crippen molar-refractivity contribution in [2.24, 2.45) is 5.92 Å².